The van der Waals surface area contributed by atoms with Crippen molar-refractivity contribution in [1.82, 2.24) is 0 Å². The van der Waals surface area contributed by atoms with Crippen LogP contribution < -0.4 is 19.9 Å². The van der Waals surface area contributed by atoms with Crippen LogP contribution in [0.3, 0.4) is 0 Å². The lowest BCUT2D eigenvalue weighted by atomic mass is 9.95. The molecule has 13 heteroatoms. The highest BCUT2D eigenvalue weighted by Gasteiger charge is 2.40. The summed E-state index contributed by atoms with van der Waals surface area (Å²) in [5.41, 5.74) is 4.79. The maximum Gasteiger partial charge on any atom is 0.573 e. The zero-order chi connectivity index (χ0) is 20.5. The molecule has 1 aromatic carbocycles. The van der Waals surface area contributed by atoms with Crippen molar-refractivity contribution in [3.63, 3.8) is 0 Å². The van der Waals surface area contributed by atoms with Crippen molar-refractivity contribution in [1.29, 1.82) is 0 Å². The van der Waals surface area contributed by atoms with Gasteiger partial charge >= 0.3 is 19.1 Å². The third-order valence-electron chi connectivity index (χ3n) is 2.81. The summed E-state index contributed by atoms with van der Waals surface area (Å²) in [6.07, 6.45) is -16.3. The van der Waals surface area contributed by atoms with E-state index in [1.165, 1.54) is 13.8 Å². The fourth-order valence-electron chi connectivity index (χ4n) is 1.82. The molecule has 0 radical (unpaired) electrons. The minimum Gasteiger partial charge on any atom is -0.406 e. The first-order valence-electron chi connectivity index (χ1n) is 6.69. The molecule has 1 atom stereocenters. The predicted molar refractivity (Wildman–Crippen MR) is 68.3 cm³/mol. The third kappa shape index (κ3) is 7.06. The highest BCUT2D eigenvalue weighted by molar-refractivity contribution is 5.53. The quantitative estimate of drug-likeness (QED) is 0.703. The molecular weight excluding hydrogens is 389 g/mol. The molecule has 2 N–H and O–H groups in total. The van der Waals surface area contributed by atoms with Gasteiger partial charge in [0.1, 0.15) is 5.75 Å². The molecule has 0 bridgehead atoms. The molecule has 0 saturated heterocycles. The number of benzene rings is 1. The standard InChI is InChI=1S/C13H12F9NO3/c1-5(2)9(23)7-3-6(24-11(14,15)16)4-8(25-12(17,18)19)10(7)26-13(20,21)22/h3-5,9H,23H2,1-2H3. The highest BCUT2D eigenvalue weighted by atomic mass is 19.4. The number of nitrogens with two attached hydrogens (primary N) is 1. The van der Waals surface area contributed by atoms with Crippen molar-refractivity contribution in [2.45, 2.75) is 39.0 Å². The molecule has 26 heavy (non-hydrogen) atoms. The average molecular weight is 401 g/mol. The van der Waals surface area contributed by atoms with E-state index < -0.39 is 53.9 Å². The summed E-state index contributed by atoms with van der Waals surface area (Å²) in [6, 6.07) is -1.04. The first-order chi connectivity index (χ1) is 11.5. The maximum absolute atomic E-state index is 12.6. The van der Waals surface area contributed by atoms with Crippen LogP contribution in [0.4, 0.5) is 39.5 Å². The van der Waals surface area contributed by atoms with Gasteiger partial charge in [-0.05, 0) is 12.0 Å². The van der Waals surface area contributed by atoms with E-state index in [-0.39, 0.29) is 6.07 Å². The molecule has 0 fully saturated rings. The summed E-state index contributed by atoms with van der Waals surface area (Å²) < 4.78 is 122. The van der Waals surface area contributed by atoms with Crippen molar-refractivity contribution < 1.29 is 53.7 Å². The number of alkyl halides is 9. The molecule has 0 aliphatic carbocycles. The summed E-state index contributed by atoms with van der Waals surface area (Å²) in [5, 5.41) is 0. The molecular formula is C13H12F9NO3. The van der Waals surface area contributed by atoms with Gasteiger partial charge in [0.2, 0.25) is 0 Å². The summed E-state index contributed by atoms with van der Waals surface area (Å²) in [4.78, 5) is 0. The predicted octanol–water partition coefficient (Wildman–Crippen LogP) is 5.04. The first-order valence-corrected chi connectivity index (χ1v) is 6.69. The van der Waals surface area contributed by atoms with Crippen LogP contribution in [0.2, 0.25) is 0 Å². The lowest BCUT2D eigenvalue weighted by Gasteiger charge is -2.24. The van der Waals surface area contributed by atoms with Gasteiger partial charge in [0, 0.05) is 17.7 Å². The Kier molecular flexibility index (Phi) is 6.16. The molecule has 1 unspecified atom stereocenters. The molecule has 0 aliphatic rings. The topological polar surface area (TPSA) is 53.7 Å². The maximum atomic E-state index is 12.6. The van der Waals surface area contributed by atoms with Crippen molar-refractivity contribution in [3.8, 4) is 17.2 Å². The fraction of sp³-hybridized carbons (Fsp3) is 0.538. The lowest BCUT2D eigenvalue weighted by molar-refractivity contribution is -0.288. The van der Waals surface area contributed by atoms with Gasteiger partial charge in [-0.2, -0.15) is 0 Å². The minimum atomic E-state index is -5.51. The largest absolute Gasteiger partial charge is 0.573 e. The second-order valence-corrected chi connectivity index (χ2v) is 5.25. The Morgan fingerprint density at radius 3 is 1.62 bits per heavy atom. The lowest BCUT2D eigenvalue weighted by Crippen LogP contribution is -2.25. The number of hydrogen-bond acceptors (Lipinski definition) is 4. The summed E-state index contributed by atoms with van der Waals surface area (Å²) in [6.45, 7) is 2.76. The molecule has 4 nitrogen and oxygen atoms in total. The normalized spacial score (nSPS) is 14.3. The van der Waals surface area contributed by atoms with Gasteiger partial charge in [0.25, 0.3) is 0 Å². The Balaban J connectivity index is 3.63. The second kappa shape index (κ2) is 7.29. The molecule has 0 saturated carbocycles. The first kappa shape index (κ1) is 22.0. The molecule has 0 aliphatic heterocycles. The highest BCUT2D eigenvalue weighted by Crippen LogP contribution is 2.45. The molecule has 0 heterocycles. The summed E-state index contributed by atoms with van der Waals surface area (Å²) >= 11 is 0. The Morgan fingerprint density at radius 1 is 0.769 bits per heavy atom. The van der Waals surface area contributed by atoms with Crippen LogP contribution in [0.25, 0.3) is 0 Å². The number of halogens is 9. The van der Waals surface area contributed by atoms with Gasteiger partial charge in [0.15, 0.2) is 11.5 Å². The Morgan fingerprint density at radius 2 is 1.23 bits per heavy atom. The molecule has 150 valence electrons. The van der Waals surface area contributed by atoms with Crippen molar-refractivity contribution in [3.05, 3.63) is 17.7 Å². The van der Waals surface area contributed by atoms with Gasteiger partial charge in [-0.15, -0.1) is 39.5 Å². The Hall–Kier alpha value is -2.05. The number of ether oxygens (including phenoxy) is 3. The van der Waals surface area contributed by atoms with Crippen LogP contribution in [0.1, 0.15) is 25.5 Å². The van der Waals surface area contributed by atoms with Crippen LogP contribution in [-0.4, -0.2) is 19.1 Å². The van der Waals surface area contributed by atoms with Gasteiger partial charge in [-0.1, -0.05) is 13.8 Å². The van der Waals surface area contributed by atoms with Gasteiger partial charge in [-0.3, -0.25) is 0 Å². The fourth-order valence-corrected chi connectivity index (χ4v) is 1.82. The SMILES string of the molecule is CC(C)C(N)c1cc(OC(F)(F)F)cc(OC(F)(F)F)c1OC(F)(F)F. The van der Waals surface area contributed by atoms with E-state index >= 15 is 0 Å². The second-order valence-electron chi connectivity index (χ2n) is 5.25. The van der Waals surface area contributed by atoms with Gasteiger partial charge in [0.05, 0.1) is 0 Å². The Bertz CT molecular complexity index is 623. The van der Waals surface area contributed by atoms with E-state index in [0.29, 0.717) is 6.07 Å². The third-order valence-corrected chi connectivity index (χ3v) is 2.81. The molecule has 0 amide bonds. The van der Waals surface area contributed by atoms with Crippen LogP contribution in [0.15, 0.2) is 12.1 Å². The Labute approximate surface area is 140 Å². The smallest absolute Gasteiger partial charge is 0.406 e. The van der Waals surface area contributed by atoms with Gasteiger partial charge < -0.3 is 19.9 Å². The van der Waals surface area contributed by atoms with Crippen molar-refractivity contribution in [2.75, 3.05) is 0 Å². The van der Waals surface area contributed by atoms with Crippen LogP contribution in [0, 0.1) is 5.92 Å². The summed E-state index contributed by atoms with van der Waals surface area (Å²) in [7, 11) is 0. The van der Waals surface area contributed by atoms with Crippen LogP contribution >= 0.6 is 0 Å². The zero-order valence-electron chi connectivity index (χ0n) is 13.0. The van der Waals surface area contributed by atoms with E-state index in [1.807, 2.05) is 0 Å². The monoisotopic (exact) mass is 401 g/mol. The van der Waals surface area contributed by atoms with Crippen LogP contribution in [0.5, 0.6) is 17.2 Å². The zero-order valence-corrected chi connectivity index (χ0v) is 13.0. The molecule has 1 aromatic rings. The van der Waals surface area contributed by atoms with E-state index in [2.05, 4.69) is 14.2 Å². The molecule has 0 spiro atoms. The van der Waals surface area contributed by atoms with E-state index in [4.69, 9.17) is 5.73 Å². The molecule has 1 rings (SSSR count). The average Bonchev–Trinajstić information content (AvgIpc) is 2.35. The van der Waals surface area contributed by atoms with Crippen LogP contribution in [-0.2, 0) is 0 Å². The van der Waals surface area contributed by atoms with Crippen molar-refractivity contribution >= 4 is 0 Å². The number of rotatable bonds is 5. The van der Waals surface area contributed by atoms with Crippen molar-refractivity contribution in [2.24, 2.45) is 11.7 Å². The van der Waals surface area contributed by atoms with E-state index in [0.717, 1.165) is 0 Å². The van der Waals surface area contributed by atoms with E-state index in [9.17, 15) is 39.5 Å². The van der Waals surface area contributed by atoms with Gasteiger partial charge in [-0.25, -0.2) is 0 Å². The van der Waals surface area contributed by atoms with E-state index in [1.54, 1.807) is 0 Å². The summed E-state index contributed by atoms with van der Waals surface area (Å²) in [5.74, 6) is -5.11. The number of hydrogen-bond donors (Lipinski definition) is 1. The molecule has 0 aromatic heterocycles. The minimum absolute atomic E-state index is 0.0292.